The molecule has 0 aliphatic carbocycles. The summed E-state index contributed by atoms with van der Waals surface area (Å²) in [4.78, 5) is 43.6. The Bertz CT molecular complexity index is 1040. The third kappa shape index (κ3) is 6.35. The zero-order chi connectivity index (χ0) is 21.5. The molecule has 8 heteroatoms. The van der Waals surface area contributed by atoms with Gasteiger partial charge in [0.1, 0.15) is 5.78 Å². The number of hydrogen-bond acceptors (Lipinski definition) is 7. The summed E-state index contributed by atoms with van der Waals surface area (Å²) in [6, 6.07) is 11.8. The summed E-state index contributed by atoms with van der Waals surface area (Å²) < 4.78 is 0. The molecule has 0 saturated heterocycles. The van der Waals surface area contributed by atoms with Crippen LogP contribution in [0.1, 0.15) is 40.2 Å². The molecule has 2 aromatic heterocycles. The lowest BCUT2D eigenvalue weighted by Crippen LogP contribution is -2.13. The number of aromatic nitrogens is 1. The SMILES string of the molecule is CSc1ccc(-c2csc(NC(=O)CCC(=O)CCC(=O)c3ccc(C)s3)n2)cc1. The monoisotopic (exact) mass is 458 g/mol. The summed E-state index contributed by atoms with van der Waals surface area (Å²) in [5.41, 5.74) is 1.80. The molecule has 0 saturated carbocycles. The predicted octanol–water partition coefficient (Wildman–Crippen LogP) is 5.85. The van der Waals surface area contributed by atoms with E-state index in [1.54, 1.807) is 17.8 Å². The fraction of sp³-hybridized carbons (Fsp3) is 0.273. The molecule has 0 bridgehead atoms. The average molecular weight is 459 g/mol. The number of nitrogens with one attached hydrogen (secondary N) is 1. The molecule has 0 unspecified atom stereocenters. The second kappa shape index (κ2) is 10.7. The predicted molar refractivity (Wildman–Crippen MR) is 125 cm³/mol. The summed E-state index contributed by atoms with van der Waals surface area (Å²) in [6.45, 7) is 1.94. The molecule has 30 heavy (non-hydrogen) atoms. The molecule has 5 nitrogen and oxygen atoms in total. The molecule has 0 spiro atoms. The minimum absolute atomic E-state index is 0.0215. The number of thioether (sulfide) groups is 1. The van der Waals surface area contributed by atoms with E-state index in [2.05, 4.69) is 10.3 Å². The van der Waals surface area contributed by atoms with Crippen molar-refractivity contribution >= 4 is 57.0 Å². The van der Waals surface area contributed by atoms with Crippen LogP contribution in [0, 0.1) is 6.92 Å². The highest BCUT2D eigenvalue weighted by molar-refractivity contribution is 7.98. The van der Waals surface area contributed by atoms with Crippen LogP contribution in [-0.2, 0) is 9.59 Å². The number of thiazole rings is 1. The van der Waals surface area contributed by atoms with Crippen LogP contribution < -0.4 is 5.32 Å². The molecular weight excluding hydrogens is 436 g/mol. The molecule has 2 heterocycles. The molecule has 3 rings (SSSR count). The number of aryl methyl sites for hydroxylation is 1. The molecular formula is C22H22N2O3S3. The van der Waals surface area contributed by atoms with Crippen molar-refractivity contribution < 1.29 is 14.4 Å². The van der Waals surface area contributed by atoms with Crippen LogP contribution in [-0.4, -0.2) is 28.7 Å². The fourth-order valence-corrected chi connectivity index (χ4v) is 4.72. The minimum atomic E-state index is -0.248. The van der Waals surface area contributed by atoms with Crippen molar-refractivity contribution in [3.63, 3.8) is 0 Å². The number of rotatable bonds is 10. The third-order valence-corrected chi connectivity index (χ3v) is 6.96. The number of carbonyl (C=O) groups is 3. The van der Waals surface area contributed by atoms with Gasteiger partial charge in [0.2, 0.25) is 5.91 Å². The first kappa shape index (κ1) is 22.4. The van der Waals surface area contributed by atoms with Gasteiger partial charge in [0.15, 0.2) is 10.9 Å². The van der Waals surface area contributed by atoms with E-state index in [4.69, 9.17) is 0 Å². The van der Waals surface area contributed by atoms with Gasteiger partial charge in [-0.2, -0.15) is 0 Å². The van der Waals surface area contributed by atoms with E-state index in [-0.39, 0.29) is 43.2 Å². The summed E-state index contributed by atoms with van der Waals surface area (Å²) in [5.74, 6) is -0.352. The van der Waals surface area contributed by atoms with Crippen LogP contribution in [0.15, 0.2) is 46.7 Å². The van der Waals surface area contributed by atoms with Crippen molar-refractivity contribution in [2.24, 2.45) is 0 Å². The molecule has 0 atom stereocenters. The van der Waals surface area contributed by atoms with E-state index in [1.165, 1.54) is 27.6 Å². The van der Waals surface area contributed by atoms with Gasteiger partial charge < -0.3 is 5.32 Å². The van der Waals surface area contributed by atoms with E-state index in [0.717, 1.165) is 16.1 Å². The highest BCUT2D eigenvalue weighted by Crippen LogP contribution is 2.27. The van der Waals surface area contributed by atoms with Gasteiger partial charge in [-0.15, -0.1) is 34.4 Å². The Kier molecular flexibility index (Phi) is 7.95. The van der Waals surface area contributed by atoms with Gasteiger partial charge >= 0.3 is 0 Å². The van der Waals surface area contributed by atoms with Crippen LogP contribution in [0.3, 0.4) is 0 Å². The second-order valence-electron chi connectivity index (χ2n) is 6.69. The number of thiophene rings is 1. The first-order chi connectivity index (χ1) is 14.4. The average Bonchev–Trinajstić information content (AvgIpc) is 3.39. The Hall–Kier alpha value is -2.29. The highest BCUT2D eigenvalue weighted by Gasteiger charge is 2.13. The Labute approximate surface area is 187 Å². The number of anilines is 1. The van der Waals surface area contributed by atoms with Gasteiger partial charge in [-0.05, 0) is 37.4 Å². The summed E-state index contributed by atoms with van der Waals surface area (Å²) in [5, 5.41) is 5.16. The molecule has 0 aliphatic rings. The second-order valence-corrected chi connectivity index (χ2v) is 9.71. The normalized spacial score (nSPS) is 10.7. The number of amides is 1. The molecule has 156 valence electrons. The van der Waals surface area contributed by atoms with Crippen molar-refractivity contribution in [3.8, 4) is 11.3 Å². The van der Waals surface area contributed by atoms with Crippen molar-refractivity contribution in [2.75, 3.05) is 11.6 Å². The first-order valence-corrected chi connectivity index (χ1v) is 12.4. The van der Waals surface area contributed by atoms with Crippen LogP contribution in [0.25, 0.3) is 11.3 Å². The van der Waals surface area contributed by atoms with Crippen LogP contribution in [0.5, 0.6) is 0 Å². The summed E-state index contributed by atoms with van der Waals surface area (Å²) in [7, 11) is 0. The van der Waals surface area contributed by atoms with Crippen LogP contribution in [0.2, 0.25) is 0 Å². The quantitative estimate of drug-likeness (QED) is 0.304. The molecule has 0 fully saturated rings. The van der Waals surface area contributed by atoms with E-state index in [1.807, 2.05) is 48.9 Å². The van der Waals surface area contributed by atoms with Gasteiger partial charge in [-0.25, -0.2) is 4.98 Å². The number of hydrogen-bond donors (Lipinski definition) is 1. The Morgan fingerprint density at radius 1 is 1.00 bits per heavy atom. The maximum absolute atomic E-state index is 12.1. The van der Waals surface area contributed by atoms with Crippen LogP contribution in [0.4, 0.5) is 5.13 Å². The lowest BCUT2D eigenvalue weighted by molar-refractivity contribution is -0.122. The largest absolute Gasteiger partial charge is 0.302 e. The third-order valence-electron chi connectivity index (χ3n) is 4.41. The Balaban J connectivity index is 1.42. The maximum atomic E-state index is 12.1. The van der Waals surface area contributed by atoms with E-state index < -0.39 is 0 Å². The number of nitrogens with zero attached hydrogens (tertiary/aromatic N) is 1. The lowest BCUT2D eigenvalue weighted by atomic mass is 10.1. The highest BCUT2D eigenvalue weighted by atomic mass is 32.2. The number of benzene rings is 1. The van der Waals surface area contributed by atoms with Crippen molar-refractivity contribution in [1.82, 2.24) is 4.98 Å². The fourth-order valence-electron chi connectivity index (χ4n) is 2.75. The van der Waals surface area contributed by atoms with E-state index >= 15 is 0 Å². The van der Waals surface area contributed by atoms with Crippen molar-refractivity contribution in [3.05, 3.63) is 51.5 Å². The zero-order valence-electron chi connectivity index (χ0n) is 16.8. The zero-order valence-corrected chi connectivity index (χ0v) is 19.2. The molecule has 0 aliphatic heterocycles. The standard InChI is InChI=1S/C22H22N2O3S3/c1-14-3-11-20(30-14)19(26)10-6-16(25)7-12-21(27)24-22-23-18(13-29-22)15-4-8-17(28-2)9-5-15/h3-5,8-9,11,13H,6-7,10,12H2,1-2H3,(H,23,24,27). The molecule has 0 radical (unpaired) electrons. The molecule has 1 N–H and O–H groups in total. The van der Waals surface area contributed by atoms with Gasteiger partial charge in [0.25, 0.3) is 0 Å². The van der Waals surface area contributed by atoms with Crippen molar-refractivity contribution in [1.29, 1.82) is 0 Å². The first-order valence-electron chi connectivity index (χ1n) is 9.45. The Morgan fingerprint density at radius 2 is 1.73 bits per heavy atom. The number of Topliss-reactive ketones (excluding diaryl/α,β-unsaturated/α-hetero) is 2. The van der Waals surface area contributed by atoms with Gasteiger partial charge in [-0.1, -0.05) is 12.1 Å². The van der Waals surface area contributed by atoms with Gasteiger partial charge in [0, 0.05) is 46.4 Å². The number of carbonyl (C=O) groups excluding carboxylic acids is 3. The lowest BCUT2D eigenvalue weighted by Gasteiger charge is -2.02. The summed E-state index contributed by atoms with van der Waals surface area (Å²) >= 11 is 4.47. The number of ketones is 2. The van der Waals surface area contributed by atoms with E-state index in [9.17, 15) is 14.4 Å². The Morgan fingerprint density at radius 3 is 2.40 bits per heavy atom. The smallest absolute Gasteiger partial charge is 0.226 e. The van der Waals surface area contributed by atoms with Crippen molar-refractivity contribution in [2.45, 2.75) is 37.5 Å². The van der Waals surface area contributed by atoms with Crippen LogP contribution >= 0.6 is 34.4 Å². The van der Waals surface area contributed by atoms with Gasteiger partial charge in [0.05, 0.1) is 10.6 Å². The molecule has 1 aromatic carbocycles. The topological polar surface area (TPSA) is 76.1 Å². The van der Waals surface area contributed by atoms with Gasteiger partial charge in [-0.3, -0.25) is 14.4 Å². The van der Waals surface area contributed by atoms with E-state index in [0.29, 0.717) is 10.0 Å². The summed E-state index contributed by atoms with van der Waals surface area (Å²) in [6.07, 6.45) is 2.58. The molecule has 1 amide bonds. The maximum Gasteiger partial charge on any atom is 0.226 e. The minimum Gasteiger partial charge on any atom is -0.302 e. The molecule has 3 aromatic rings.